The third-order valence-corrected chi connectivity index (χ3v) is 7.71. The maximum Gasteiger partial charge on any atom is 0.225 e. The second-order valence-electron chi connectivity index (χ2n) is 10.3. The van der Waals surface area contributed by atoms with Crippen LogP contribution >= 0.6 is 0 Å². The van der Waals surface area contributed by atoms with Crippen molar-refractivity contribution in [1.82, 2.24) is 39.2 Å². The minimum absolute atomic E-state index is 0.235. The summed E-state index contributed by atoms with van der Waals surface area (Å²) in [5.74, 6) is 0.782. The fourth-order valence-electron chi connectivity index (χ4n) is 5.31. The molecule has 2 fully saturated rings. The summed E-state index contributed by atoms with van der Waals surface area (Å²) < 4.78 is 18.0. The summed E-state index contributed by atoms with van der Waals surface area (Å²) >= 11 is 0. The van der Waals surface area contributed by atoms with Crippen molar-refractivity contribution >= 4 is 28.3 Å². The maximum atomic E-state index is 14.7. The molecule has 1 saturated heterocycles. The third-order valence-electron chi connectivity index (χ3n) is 7.71. The Labute approximate surface area is 223 Å². The van der Waals surface area contributed by atoms with Crippen molar-refractivity contribution in [3.8, 4) is 11.5 Å². The van der Waals surface area contributed by atoms with Crippen molar-refractivity contribution in [3.05, 3.63) is 60.2 Å². The van der Waals surface area contributed by atoms with Crippen molar-refractivity contribution in [1.29, 1.82) is 0 Å². The minimum atomic E-state index is -0.502. The van der Waals surface area contributed by atoms with Gasteiger partial charge in [0.25, 0.3) is 0 Å². The fraction of sp³-hybridized carbons (Fsp3) is 0.370. The Balaban J connectivity index is 1.04. The first-order valence-corrected chi connectivity index (χ1v) is 13.3. The van der Waals surface area contributed by atoms with Crippen LogP contribution < -0.4 is 10.6 Å². The average molecular weight is 529 g/mol. The van der Waals surface area contributed by atoms with Gasteiger partial charge in [0.2, 0.25) is 11.8 Å². The van der Waals surface area contributed by atoms with Crippen molar-refractivity contribution in [2.45, 2.75) is 25.5 Å². The lowest BCUT2D eigenvalue weighted by Crippen LogP contribution is -2.47. The van der Waals surface area contributed by atoms with E-state index in [1.54, 1.807) is 18.5 Å². The number of benzene rings is 1. The molecule has 4 aromatic heterocycles. The molecule has 1 atom stereocenters. The largest absolute Gasteiger partial charge is 0.388 e. The van der Waals surface area contributed by atoms with E-state index in [1.165, 1.54) is 10.6 Å². The Morgan fingerprint density at radius 3 is 2.64 bits per heavy atom. The lowest BCUT2D eigenvalue weighted by Gasteiger charge is -2.36. The first kappa shape index (κ1) is 23.9. The van der Waals surface area contributed by atoms with E-state index in [1.807, 2.05) is 28.9 Å². The number of pyridine rings is 1. The zero-order chi connectivity index (χ0) is 26.5. The van der Waals surface area contributed by atoms with Crippen LogP contribution in [0.15, 0.2) is 48.8 Å². The van der Waals surface area contributed by atoms with Gasteiger partial charge in [-0.3, -0.25) is 9.88 Å². The van der Waals surface area contributed by atoms with Crippen molar-refractivity contribution in [2.75, 3.05) is 43.4 Å². The second kappa shape index (κ2) is 9.54. The molecule has 5 heterocycles. The Kier molecular flexibility index (Phi) is 5.85. The normalized spacial score (nSPS) is 17.3. The highest BCUT2D eigenvalue weighted by Crippen LogP contribution is 2.41. The van der Waals surface area contributed by atoms with E-state index in [4.69, 9.17) is 5.73 Å². The molecule has 11 nitrogen and oxygen atoms in total. The van der Waals surface area contributed by atoms with Gasteiger partial charge in [0.15, 0.2) is 11.3 Å². The van der Waals surface area contributed by atoms with Crippen LogP contribution in [0.5, 0.6) is 0 Å². The monoisotopic (exact) mass is 528 g/mol. The Bertz CT molecular complexity index is 1640. The lowest BCUT2D eigenvalue weighted by atomic mass is 10.0. The van der Waals surface area contributed by atoms with Gasteiger partial charge < -0.3 is 15.7 Å². The quantitative estimate of drug-likeness (QED) is 0.328. The molecular formula is C27H29FN10O. The number of rotatable bonds is 7. The molecule has 2 aliphatic rings. The number of halogens is 1. The van der Waals surface area contributed by atoms with E-state index < -0.39 is 6.10 Å². The van der Waals surface area contributed by atoms with Crippen LogP contribution in [0.3, 0.4) is 0 Å². The molecule has 200 valence electrons. The molecule has 7 rings (SSSR count). The predicted molar refractivity (Wildman–Crippen MR) is 144 cm³/mol. The van der Waals surface area contributed by atoms with Gasteiger partial charge in [-0.15, -0.1) is 5.10 Å². The number of nitrogen functional groups attached to an aromatic ring is 1. The molecular weight excluding hydrogens is 499 g/mol. The summed E-state index contributed by atoms with van der Waals surface area (Å²) in [4.78, 5) is 18.0. The van der Waals surface area contributed by atoms with Gasteiger partial charge in [-0.25, -0.2) is 14.1 Å². The number of hydrogen-bond acceptors (Lipinski definition) is 9. The van der Waals surface area contributed by atoms with Gasteiger partial charge in [-0.1, -0.05) is 12.1 Å². The highest BCUT2D eigenvalue weighted by atomic mass is 19.1. The number of fused-ring (bicyclic) bond motifs is 3. The molecule has 1 unspecified atom stereocenters. The van der Waals surface area contributed by atoms with Crippen LogP contribution in [0.2, 0.25) is 0 Å². The Morgan fingerprint density at radius 1 is 1.03 bits per heavy atom. The highest BCUT2D eigenvalue weighted by molar-refractivity contribution is 5.90. The molecule has 0 radical (unpaired) electrons. The maximum absolute atomic E-state index is 14.7. The molecule has 1 aromatic carbocycles. The van der Waals surface area contributed by atoms with Gasteiger partial charge in [-0.2, -0.15) is 14.6 Å². The number of aliphatic hydroxyl groups is 1. The number of hydrogen-bond donors (Lipinski definition) is 2. The van der Waals surface area contributed by atoms with Crippen LogP contribution in [-0.4, -0.2) is 77.1 Å². The highest BCUT2D eigenvalue weighted by Gasteiger charge is 2.31. The number of piperazine rings is 1. The van der Waals surface area contributed by atoms with Gasteiger partial charge in [0.05, 0.1) is 29.9 Å². The molecule has 0 bridgehead atoms. The van der Waals surface area contributed by atoms with Gasteiger partial charge in [0, 0.05) is 38.9 Å². The van der Waals surface area contributed by atoms with Gasteiger partial charge in [-0.05, 0) is 48.6 Å². The molecule has 1 aliphatic heterocycles. The second-order valence-corrected chi connectivity index (χ2v) is 10.3. The average Bonchev–Trinajstić information content (AvgIpc) is 3.59. The van der Waals surface area contributed by atoms with E-state index in [9.17, 15) is 9.50 Å². The summed E-state index contributed by atoms with van der Waals surface area (Å²) in [6.45, 7) is 4.41. The molecule has 5 aromatic rings. The fourth-order valence-corrected chi connectivity index (χ4v) is 5.31. The van der Waals surface area contributed by atoms with E-state index in [0.29, 0.717) is 54.1 Å². The number of aromatic nitrogens is 7. The van der Waals surface area contributed by atoms with Crippen molar-refractivity contribution < 1.29 is 9.50 Å². The zero-order valence-electron chi connectivity index (χ0n) is 21.4. The summed E-state index contributed by atoms with van der Waals surface area (Å²) in [6.07, 6.45) is 5.02. The van der Waals surface area contributed by atoms with Gasteiger partial charge >= 0.3 is 0 Å². The molecule has 1 aliphatic carbocycles. The Morgan fingerprint density at radius 2 is 1.87 bits per heavy atom. The minimum Gasteiger partial charge on any atom is -0.388 e. The summed E-state index contributed by atoms with van der Waals surface area (Å²) in [6, 6.07) is 10.6. The number of nitrogens with zero attached hydrogens (tertiary/aromatic N) is 9. The third kappa shape index (κ3) is 4.45. The smallest absolute Gasteiger partial charge is 0.225 e. The molecule has 0 spiro atoms. The van der Waals surface area contributed by atoms with Crippen molar-refractivity contribution in [3.63, 3.8) is 0 Å². The van der Waals surface area contributed by atoms with E-state index in [-0.39, 0.29) is 11.8 Å². The molecule has 0 amide bonds. The first-order valence-electron chi connectivity index (χ1n) is 13.3. The Hall–Kier alpha value is -4.16. The predicted octanol–water partition coefficient (Wildman–Crippen LogP) is 2.52. The molecule has 39 heavy (non-hydrogen) atoms. The first-order chi connectivity index (χ1) is 19.0. The van der Waals surface area contributed by atoms with Crippen LogP contribution in [0.25, 0.3) is 28.2 Å². The zero-order valence-corrected chi connectivity index (χ0v) is 21.4. The molecule has 3 N–H and O–H groups in total. The number of nitrogens with two attached hydrogens (primary N) is 1. The van der Waals surface area contributed by atoms with Crippen LogP contribution in [0, 0.1) is 11.7 Å². The van der Waals surface area contributed by atoms with Crippen LogP contribution in [-0.2, 0) is 6.54 Å². The SMILES string of the molecule is Nc1nc2c(cnn2CCN2CCN(c3cc(C(O)C4CC4)ccc3F)CC2)c2nc(-c3ccccn3)nn12. The number of anilines is 2. The topological polar surface area (TPSA) is 127 Å². The molecule has 12 heteroatoms. The van der Waals surface area contributed by atoms with E-state index >= 15 is 0 Å². The lowest BCUT2D eigenvalue weighted by molar-refractivity contribution is 0.153. The van der Waals surface area contributed by atoms with E-state index in [0.717, 1.165) is 43.4 Å². The van der Waals surface area contributed by atoms with Gasteiger partial charge in [0.1, 0.15) is 11.5 Å². The molecule has 1 saturated carbocycles. The summed E-state index contributed by atoms with van der Waals surface area (Å²) in [5.41, 5.74) is 9.53. The summed E-state index contributed by atoms with van der Waals surface area (Å²) in [7, 11) is 0. The standard InChI is InChI=1S/C27H29FN10O/c28-20-7-6-18(23(39)17-4-5-17)15-22(20)36-12-9-35(10-13-36)11-14-37-25-19(16-31-37)26-32-24(21-3-1-2-8-30-21)34-38(26)27(29)33-25/h1-3,6-8,15-17,23,39H,4-5,9-14H2,(H2,29,33). The van der Waals surface area contributed by atoms with E-state index in [2.05, 4.69) is 34.9 Å². The van der Waals surface area contributed by atoms with Crippen molar-refractivity contribution in [2.24, 2.45) is 5.92 Å². The van der Waals surface area contributed by atoms with Crippen LogP contribution in [0.4, 0.5) is 16.0 Å². The van der Waals surface area contributed by atoms with Crippen LogP contribution in [0.1, 0.15) is 24.5 Å². The number of aliphatic hydroxyl groups excluding tert-OH is 1. The summed E-state index contributed by atoms with van der Waals surface area (Å²) in [5, 5.41) is 20.3.